The molecule has 1 amide bonds. The summed E-state index contributed by atoms with van der Waals surface area (Å²) in [6, 6.07) is 9.52. The maximum Gasteiger partial charge on any atom is 0.251 e. The third-order valence-electron chi connectivity index (χ3n) is 6.67. The topological polar surface area (TPSA) is 50.8 Å². The van der Waals surface area contributed by atoms with E-state index < -0.39 is 0 Å². The van der Waals surface area contributed by atoms with Crippen molar-refractivity contribution in [3.8, 4) is 5.75 Å². The number of thiophene rings is 1. The zero-order valence-electron chi connectivity index (χ0n) is 16.1. The molecule has 0 saturated carbocycles. The van der Waals surface area contributed by atoms with Crippen LogP contribution in [0, 0.1) is 11.8 Å². The van der Waals surface area contributed by atoms with Gasteiger partial charge in [0.15, 0.2) is 0 Å². The van der Waals surface area contributed by atoms with Crippen molar-refractivity contribution in [2.75, 3.05) is 26.7 Å². The van der Waals surface area contributed by atoms with E-state index in [1.165, 1.54) is 5.56 Å². The molecule has 2 aromatic rings. The summed E-state index contributed by atoms with van der Waals surface area (Å²) in [5.41, 5.74) is 2.04. The van der Waals surface area contributed by atoms with Crippen LogP contribution in [0.5, 0.6) is 5.75 Å². The van der Waals surface area contributed by atoms with E-state index in [1.807, 2.05) is 18.2 Å². The number of hydrogen-bond acceptors (Lipinski definition) is 5. The summed E-state index contributed by atoms with van der Waals surface area (Å²) in [5, 5.41) is 7.53. The van der Waals surface area contributed by atoms with Crippen molar-refractivity contribution in [2.24, 2.45) is 11.8 Å². The lowest BCUT2D eigenvalue weighted by molar-refractivity contribution is 0.00213. The molecule has 1 N–H and O–H groups in total. The van der Waals surface area contributed by atoms with Gasteiger partial charge in [-0.25, -0.2) is 0 Å². The minimum absolute atomic E-state index is 0.00600. The first kappa shape index (κ1) is 18.2. The van der Waals surface area contributed by atoms with Gasteiger partial charge < -0.3 is 14.8 Å². The highest BCUT2D eigenvalue weighted by Gasteiger charge is 2.62. The maximum absolute atomic E-state index is 12.6. The summed E-state index contributed by atoms with van der Waals surface area (Å²) in [5.74, 6) is 1.57. The van der Waals surface area contributed by atoms with Crippen molar-refractivity contribution in [1.29, 1.82) is 0 Å². The van der Waals surface area contributed by atoms with Gasteiger partial charge in [0.25, 0.3) is 5.91 Å². The molecule has 2 bridgehead atoms. The molecule has 0 unspecified atom stereocenters. The molecular weight excluding hydrogens is 372 g/mol. The minimum Gasteiger partial charge on any atom is -0.497 e. The molecule has 5 nitrogen and oxygen atoms in total. The van der Waals surface area contributed by atoms with Crippen LogP contribution >= 0.6 is 11.3 Å². The van der Waals surface area contributed by atoms with E-state index in [0.717, 1.165) is 32.5 Å². The van der Waals surface area contributed by atoms with Crippen molar-refractivity contribution in [1.82, 2.24) is 10.2 Å². The van der Waals surface area contributed by atoms with Gasteiger partial charge >= 0.3 is 0 Å². The number of hydrogen-bond donors (Lipinski definition) is 1. The Labute approximate surface area is 169 Å². The predicted molar refractivity (Wildman–Crippen MR) is 109 cm³/mol. The number of amides is 1. The number of nitrogens with one attached hydrogen (secondary N) is 1. The summed E-state index contributed by atoms with van der Waals surface area (Å²) >= 11 is 1.76. The summed E-state index contributed by atoms with van der Waals surface area (Å²) < 4.78 is 11.7. The number of rotatable bonds is 6. The molecule has 6 heteroatoms. The molecule has 5 rings (SSSR count). The number of ether oxygens (including phenoxy) is 2. The highest BCUT2D eigenvalue weighted by Crippen LogP contribution is 2.54. The van der Waals surface area contributed by atoms with Crippen LogP contribution in [0.1, 0.15) is 28.8 Å². The summed E-state index contributed by atoms with van der Waals surface area (Å²) in [6.45, 7) is 3.76. The quantitative estimate of drug-likeness (QED) is 0.812. The predicted octanol–water partition coefficient (Wildman–Crippen LogP) is 3.17. The van der Waals surface area contributed by atoms with Gasteiger partial charge in [-0.2, -0.15) is 11.3 Å². The first-order valence-corrected chi connectivity index (χ1v) is 10.9. The molecule has 28 heavy (non-hydrogen) atoms. The van der Waals surface area contributed by atoms with E-state index in [2.05, 4.69) is 27.0 Å². The van der Waals surface area contributed by atoms with Crippen molar-refractivity contribution in [3.63, 3.8) is 0 Å². The number of likely N-dealkylation sites (tertiary alicyclic amines) is 1. The lowest BCUT2D eigenvalue weighted by Crippen LogP contribution is -2.41. The molecule has 3 aliphatic rings. The molecule has 148 valence electrons. The Morgan fingerprint density at radius 1 is 1.43 bits per heavy atom. The molecule has 1 spiro atoms. The zero-order chi connectivity index (χ0) is 19.1. The average molecular weight is 399 g/mol. The monoisotopic (exact) mass is 398 g/mol. The Morgan fingerprint density at radius 2 is 2.36 bits per heavy atom. The Balaban J connectivity index is 1.24. The summed E-state index contributed by atoms with van der Waals surface area (Å²) in [6.07, 6.45) is 2.56. The van der Waals surface area contributed by atoms with Crippen molar-refractivity contribution in [3.05, 3.63) is 52.2 Å². The third-order valence-corrected chi connectivity index (χ3v) is 7.40. The number of benzene rings is 1. The normalized spacial score (nSPS) is 31.1. The molecule has 0 aliphatic carbocycles. The van der Waals surface area contributed by atoms with Crippen molar-refractivity contribution >= 4 is 17.2 Å². The number of carbonyl (C=O) groups excluding carboxylic acids is 1. The lowest BCUT2D eigenvalue weighted by atomic mass is 9.73. The maximum atomic E-state index is 12.6. The van der Waals surface area contributed by atoms with Gasteiger partial charge in [0.2, 0.25) is 0 Å². The van der Waals surface area contributed by atoms with E-state index in [0.29, 0.717) is 35.8 Å². The van der Waals surface area contributed by atoms with Gasteiger partial charge in [0.05, 0.1) is 18.8 Å². The summed E-state index contributed by atoms with van der Waals surface area (Å²) in [7, 11) is 1.62. The molecule has 1 aromatic carbocycles. The summed E-state index contributed by atoms with van der Waals surface area (Å²) in [4.78, 5) is 15.2. The molecular formula is C22H26N2O3S. The standard InChI is InChI=1S/C22H26N2O3S/c1-26-17-4-2-3-16(9-17)21(25)23-10-18-19-12-24(11-15-6-8-28-13-15)14-22(19)7-5-20(18)27-22/h2-4,6,8-9,13,18-20H,5,7,10-12,14H2,1H3,(H,23,25)/t18-,19+,20+,22+/m0/s1. The van der Waals surface area contributed by atoms with E-state index in [9.17, 15) is 4.79 Å². The molecule has 4 atom stereocenters. The fourth-order valence-electron chi connectivity index (χ4n) is 5.40. The van der Waals surface area contributed by atoms with Gasteiger partial charge in [-0.1, -0.05) is 6.07 Å². The van der Waals surface area contributed by atoms with Crippen LogP contribution in [0.3, 0.4) is 0 Å². The highest BCUT2D eigenvalue weighted by atomic mass is 32.1. The van der Waals surface area contributed by atoms with Crippen LogP contribution < -0.4 is 10.1 Å². The number of methoxy groups -OCH3 is 1. The lowest BCUT2D eigenvalue weighted by Gasteiger charge is -2.29. The van der Waals surface area contributed by atoms with Gasteiger partial charge in [-0.15, -0.1) is 0 Å². The van der Waals surface area contributed by atoms with E-state index >= 15 is 0 Å². The second-order valence-corrected chi connectivity index (χ2v) is 9.05. The van der Waals surface area contributed by atoms with Crippen LogP contribution in [0.4, 0.5) is 0 Å². The number of nitrogens with zero attached hydrogens (tertiary/aromatic N) is 1. The van der Waals surface area contributed by atoms with Crippen LogP contribution in [0.2, 0.25) is 0 Å². The fourth-order valence-corrected chi connectivity index (χ4v) is 6.06. The molecule has 4 heterocycles. The van der Waals surface area contributed by atoms with Crippen LogP contribution in [-0.2, 0) is 11.3 Å². The Morgan fingerprint density at radius 3 is 3.18 bits per heavy atom. The Bertz CT molecular complexity index is 855. The van der Waals surface area contributed by atoms with Crippen LogP contribution in [-0.4, -0.2) is 49.3 Å². The van der Waals surface area contributed by atoms with Gasteiger partial charge in [-0.05, 0) is 53.4 Å². The minimum atomic E-state index is -0.0381. The van der Waals surface area contributed by atoms with Crippen molar-refractivity contribution in [2.45, 2.75) is 31.1 Å². The van der Waals surface area contributed by atoms with E-state index in [1.54, 1.807) is 24.5 Å². The Hall–Kier alpha value is -1.89. The second-order valence-electron chi connectivity index (χ2n) is 8.27. The number of fused-ring (bicyclic) bond motifs is 1. The smallest absolute Gasteiger partial charge is 0.251 e. The number of carbonyl (C=O) groups is 1. The van der Waals surface area contributed by atoms with Gasteiger partial charge in [0.1, 0.15) is 5.75 Å². The molecule has 3 fully saturated rings. The third kappa shape index (κ3) is 3.13. The van der Waals surface area contributed by atoms with Gasteiger partial charge in [0, 0.05) is 43.6 Å². The van der Waals surface area contributed by atoms with Crippen molar-refractivity contribution < 1.29 is 14.3 Å². The first-order chi connectivity index (χ1) is 13.7. The first-order valence-electron chi connectivity index (χ1n) is 10.0. The molecule has 1 aromatic heterocycles. The SMILES string of the molecule is COc1cccc(C(=O)NC[C@H]2[C@H]3CN(Cc4ccsc4)C[C@]34CC[C@H]2O4)c1. The largest absolute Gasteiger partial charge is 0.497 e. The zero-order valence-corrected chi connectivity index (χ0v) is 16.9. The van der Waals surface area contributed by atoms with E-state index in [-0.39, 0.29) is 11.5 Å². The van der Waals surface area contributed by atoms with Gasteiger partial charge in [-0.3, -0.25) is 9.69 Å². The van der Waals surface area contributed by atoms with Crippen LogP contribution in [0.25, 0.3) is 0 Å². The average Bonchev–Trinajstić information content (AvgIpc) is 3.48. The molecule has 0 radical (unpaired) electrons. The Kier molecular flexibility index (Phi) is 4.65. The van der Waals surface area contributed by atoms with E-state index in [4.69, 9.17) is 9.47 Å². The highest BCUT2D eigenvalue weighted by molar-refractivity contribution is 7.07. The molecule has 3 aliphatic heterocycles. The second kappa shape index (κ2) is 7.17. The van der Waals surface area contributed by atoms with Crippen LogP contribution in [0.15, 0.2) is 41.1 Å². The molecule has 3 saturated heterocycles. The fraction of sp³-hybridized carbons (Fsp3) is 0.500.